The molecule has 160 valence electrons. The Morgan fingerprint density at radius 1 is 1.18 bits per heavy atom. The Kier molecular flexibility index (Phi) is 8.54. The Morgan fingerprint density at radius 2 is 1.93 bits per heavy atom. The monoisotopic (exact) mass is 393 g/mol. The van der Waals surface area contributed by atoms with Gasteiger partial charge in [-0.05, 0) is 75.2 Å². The third-order valence-corrected chi connectivity index (χ3v) is 7.21. The number of hydrogen-bond acceptors (Lipinski definition) is 5. The maximum atomic E-state index is 11.4. The molecule has 0 aromatic heterocycles. The van der Waals surface area contributed by atoms with Gasteiger partial charge >= 0.3 is 11.9 Å². The predicted molar refractivity (Wildman–Crippen MR) is 111 cm³/mol. The van der Waals surface area contributed by atoms with Gasteiger partial charge in [-0.2, -0.15) is 0 Å². The van der Waals surface area contributed by atoms with Crippen LogP contribution < -0.4 is 5.73 Å². The average molecular weight is 394 g/mol. The molecule has 0 spiro atoms. The molecule has 28 heavy (non-hydrogen) atoms. The molecule has 0 bridgehead atoms. The molecule has 2 saturated carbocycles. The van der Waals surface area contributed by atoms with Gasteiger partial charge < -0.3 is 15.2 Å². The van der Waals surface area contributed by atoms with E-state index in [0.29, 0.717) is 18.4 Å². The summed E-state index contributed by atoms with van der Waals surface area (Å²) in [7, 11) is 0. The van der Waals surface area contributed by atoms with Crippen LogP contribution in [0.15, 0.2) is 12.2 Å². The molecule has 0 aromatic rings. The number of rotatable bonds is 8. The molecular formula is C23H39NO4. The first-order valence-corrected chi connectivity index (χ1v) is 10.9. The second kappa shape index (κ2) is 10.4. The number of allylic oxidation sites excluding steroid dienone is 1. The second-order valence-electron chi connectivity index (χ2n) is 9.12. The zero-order valence-corrected chi connectivity index (χ0v) is 18.0. The van der Waals surface area contributed by atoms with E-state index in [-0.39, 0.29) is 29.4 Å². The van der Waals surface area contributed by atoms with Crippen molar-refractivity contribution in [2.75, 3.05) is 13.2 Å². The molecule has 0 aliphatic heterocycles. The van der Waals surface area contributed by atoms with Crippen LogP contribution in [-0.4, -0.2) is 31.2 Å². The molecule has 0 saturated heterocycles. The lowest BCUT2D eigenvalue weighted by Gasteiger charge is -2.51. The first kappa shape index (κ1) is 22.9. The lowest BCUT2D eigenvalue weighted by molar-refractivity contribution is -0.158. The van der Waals surface area contributed by atoms with Gasteiger partial charge in [0.05, 0.1) is 6.61 Å². The minimum Gasteiger partial charge on any atom is -0.466 e. The van der Waals surface area contributed by atoms with E-state index in [4.69, 9.17) is 15.2 Å². The number of carbonyl (C=O) groups excluding carboxylic acids is 2. The molecule has 5 heteroatoms. The molecule has 2 unspecified atom stereocenters. The number of hydrogen-bond donors (Lipinski definition) is 1. The zero-order chi connectivity index (χ0) is 20.7. The number of unbranched alkanes of at least 4 members (excludes halogenated alkanes) is 1. The maximum Gasteiger partial charge on any atom is 0.302 e. The van der Waals surface area contributed by atoms with Crippen molar-refractivity contribution in [2.24, 2.45) is 28.9 Å². The van der Waals surface area contributed by atoms with E-state index < -0.39 is 0 Å². The van der Waals surface area contributed by atoms with Gasteiger partial charge in [-0.25, -0.2) is 0 Å². The van der Waals surface area contributed by atoms with Crippen molar-refractivity contribution in [2.45, 2.75) is 84.7 Å². The number of ether oxygens (including phenoxy) is 2. The summed E-state index contributed by atoms with van der Waals surface area (Å²) in [5.41, 5.74) is 7.15. The van der Waals surface area contributed by atoms with Gasteiger partial charge in [0.1, 0.15) is 6.10 Å². The van der Waals surface area contributed by atoms with Crippen LogP contribution in [0.3, 0.4) is 0 Å². The summed E-state index contributed by atoms with van der Waals surface area (Å²) >= 11 is 0. The summed E-state index contributed by atoms with van der Waals surface area (Å²) < 4.78 is 10.9. The molecular weight excluding hydrogens is 354 g/mol. The highest BCUT2D eigenvalue weighted by atomic mass is 16.5. The molecule has 2 aliphatic carbocycles. The topological polar surface area (TPSA) is 78.6 Å². The molecule has 2 aliphatic rings. The fourth-order valence-electron chi connectivity index (χ4n) is 5.38. The molecule has 2 N–H and O–H groups in total. The highest BCUT2D eigenvalue weighted by molar-refractivity contribution is 5.66. The van der Waals surface area contributed by atoms with E-state index in [1.807, 2.05) is 0 Å². The van der Waals surface area contributed by atoms with Crippen molar-refractivity contribution < 1.29 is 19.1 Å². The first-order valence-electron chi connectivity index (χ1n) is 10.9. The molecule has 5 atom stereocenters. The fraction of sp³-hybridized carbons (Fsp3) is 0.826. The molecule has 0 radical (unpaired) electrons. The van der Waals surface area contributed by atoms with E-state index in [1.165, 1.54) is 25.8 Å². The minimum absolute atomic E-state index is 0.0648. The third kappa shape index (κ3) is 6.07. The van der Waals surface area contributed by atoms with E-state index in [2.05, 4.69) is 13.5 Å². The molecule has 0 amide bonds. The normalized spacial score (nSPS) is 33.4. The quantitative estimate of drug-likeness (QED) is 0.376. The number of esters is 2. The van der Waals surface area contributed by atoms with E-state index in [1.54, 1.807) is 0 Å². The largest absolute Gasteiger partial charge is 0.466 e. The van der Waals surface area contributed by atoms with Gasteiger partial charge in [0.15, 0.2) is 0 Å². The fourth-order valence-corrected chi connectivity index (χ4v) is 5.38. The van der Waals surface area contributed by atoms with Crippen LogP contribution in [0.5, 0.6) is 0 Å². The van der Waals surface area contributed by atoms with E-state index >= 15 is 0 Å². The maximum absolute atomic E-state index is 11.4. The van der Waals surface area contributed by atoms with Gasteiger partial charge in [0, 0.05) is 19.8 Å². The highest BCUT2D eigenvalue weighted by Gasteiger charge is 2.47. The summed E-state index contributed by atoms with van der Waals surface area (Å²) in [6.45, 7) is 10.8. The second-order valence-corrected chi connectivity index (χ2v) is 9.12. The van der Waals surface area contributed by atoms with Gasteiger partial charge in [-0.15, -0.1) is 0 Å². The molecule has 2 rings (SSSR count). The van der Waals surface area contributed by atoms with E-state index in [0.717, 1.165) is 57.9 Å². The summed E-state index contributed by atoms with van der Waals surface area (Å²) in [5.74, 6) is 0.903. The summed E-state index contributed by atoms with van der Waals surface area (Å²) in [4.78, 5) is 22.9. The summed E-state index contributed by atoms with van der Waals surface area (Å²) in [5, 5.41) is 0. The summed E-state index contributed by atoms with van der Waals surface area (Å²) in [6, 6.07) is 0. The summed E-state index contributed by atoms with van der Waals surface area (Å²) in [6.07, 6.45) is 9.41. The van der Waals surface area contributed by atoms with Crippen LogP contribution in [0, 0.1) is 23.2 Å². The van der Waals surface area contributed by atoms with Crippen molar-refractivity contribution in [1.29, 1.82) is 0 Å². The van der Waals surface area contributed by atoms with Gasteiger partial charge in [0.25, 0.3) is 0 Å². The van der Waals surface area contributed by atoms with Crippen LogP contribution in [0.2, 0.25) is 0 Å². The number of carbonyl (C=O) groups is 2. The van der Waals surface area contributed by atoms with Crippen LogP contribution in [-0.2, 0) is 19.1 Å². The zero-order valence-electron chi connectivity index (χ0n) is 18.0. The van der Waals surface area contributed by atoms with Crippen LogP contribution >= 0.6 is 0 Å². The van der Waals surface area contributed by atoms with Gasteiger partial charge in [0.2, 0.25) is 0 Å². The lowest BCUT2D eigenvalue weighted by Crippen LogP contribution is -2.46. The number of nitrogens with two attached hydrogens (primary N) is 1. The average Bonchev–Trinajstić information content (AvgIpc) is 2.63. The van der Waals surface area contributed by atoms with Crippen LogP contribution in [0.25, 0.3) is 0 Å². The third-order valence-electron chi connectivity index (χ3n) is 7.21. The Labute approximate surface area is 170 Å². The lowest BCUT2D eigenvalue weighted by atomic mass is 9.55. The molecule has 0 aromatic carbocycles. The van der Waals surface area contributed by atoms with E-state index in [9.17, 15) is 9.59 Å². The Balaban J connectivity index is 2.10. The van der Waals surface area contributed by atoms with Crippen molar-refractivity contribution in [3.8, 4) is 0 Å². The smallest absolute Gasteiger partial charge is 0.302 e. The highest BCUT2D eigenvalue weighted by Crippen LogP contribution is 2.53. The van der Waals surface area contributed by atoms with Crippen LogP contribution in [0.4, 0.5) is 0 Å². The molecule has 0 heterocycles. The van der Waals surface area contributed by atoms with Crippen molar-refractivity contribution >= 4 is 11.9 Å². The van der Waals surface area contributed by atoms with Crippen LogP contribution in [0.1, 0.15) is 78.6 Å². The van der Waals surface area contributed by atoms with Gasteiger partial charge in [-0.1, -0.05) is 25.5 Å². The van der Waals surface area contributed by atoms with Gasteiger partial charge in [-0.3, -0.25) is 9.59 Å². The van der Waals surface area contributed by atoms with Crippen molar-refractivity contribution in [3.63, 3.8) is 0 Å². The standard InChI is InChI=1S/C23H39NO4/c1-16-8-9-20(13-19(16)7-5-6-12-24)23(4)11-10-22(28-18(3)26)14-21(23)15-27-17(2)25/h19-22H,1,5-15,24H2,2-4H3/t19?,20?,21-,22+,23-/m1/s1. The first-order chi connectivity index (χ1) is 13.3. The predicted octanol–water partition coefficient (Wildman–Crippen LogP) is 4.39. The Hall–Kier alpha value is -1.36. The Bertz CT molecular complexity index is 561. The van der Waals surface area contributed by atoms with Crippen molar-refractivity contribution in [3.05, 3.63) is 12.2 Å². The SMILES string of the molecule is C=C1CCC([C@@]2(C)CC[C@H](OC(C)=O)C[C@@H]2COC(C)=O)CC1CCCCN. The molecule has 2 fully saturated rings. The molecule has 5 nitrogen and oxygen atoms in total. The minimum atomic E-state index is -0.242. The Morgan fingerprint density at radius 3 is 2.57 bits per heavy atom. The van der Waals surface area contributed by atoms with Crippen molar-refractivity contribution in [1.82, 2.24) is 0 Å².